The van der Waals surface area contributed by atoms with Gasteiger partial charge >= 0.3 is 11.4 Å². The van der Waals surface area contributed by atoms with Gasteiger partial charge in [0.2, 0.25) is 0 Å². The molecule has 6 atom stereocenters. The van der Waals surface area contributed by atoms with Gasteiger partial charge in [0.25, 0.3) is 0 Å². The Morgan fingerprint density at radius 2 is 1.02 bits per heavy atom. The van der Waals surface area contributed by atoms with E-state index in [0.717, 1.165) is 47.3 Å². The van der Waals surface area contributed by atoms with E-state index >= 15 is 0 Å². The maximum absolute atomic E-state index is 8.52. The van der Waals surface area contributed by atoms with Crippen molar-refractivity contribution in [2.75, 3.05) is 40.4 Å². The van der Waals surface area contributed by atoms with Crippen molar-refractivity contribution in [2.45, 2.75) is 161 Å². The SMILES string of the molecule is C.CC(C)(C)O.COc1ccc(C(C)(C)C)cc1C1CCN([C@@H]2C[C@@H]3CC[C@H]2C3)CC1.COc1ccccc1C1CCN([C@@H]2C[C@@H]3CC[C@H]2C3)CC1.Cl.[Cl][Al]([Cl])[Cl]. The van der Waals surface area contributed by atoms with Gasteiger partial charge < -0.3 is 24.4 Å². The lowest BCUT2D eigenvalue weighted by atomic mass is 9.81. The van der Waals surface area contributed by atoms with E-state index in [0.29, 0.717) is 11.8 Å². The predicted molar refractivity (Wildman–Crippen MR) is 250 cm³/mol. The second kappa shape index (κ2) is 23.2. The summed E-state index contributed by atoms with van der Waals surface area (Å²) in [6.07, 6.45) is 17.2. The number of likely N-dealkylation sites (tertiary alicyclic amines) is 2. The zero-order valence-corrected chi connectivity index (χ0v) is 40.0. The van der Waals surface area contributed by atoms with Crippen molar-refractivity contribution in [2.24, 2.45) is 23.7 Å². The molecular weight excluding hydrogens is 809 g/mol. The molecule has 6 fully saturated rings. The van der Waals surface area contributed by atoms with Gasteiger partial charge in [0.15, 0.2) is 0 Å². The highest BCUT2D eigenvalue weighted by molar-refractivity contribution is 7.54. The van der Waals surface area contributed by atoms with Crippen LogP contribution < -0.4 is 9.47 Å². The second-order valence-corrected chi connectivity index (χ2v) is 25.9. The Morgan fingerprint density at radius 3 is 1.39 bits per heavy atom. The minimum atomic E-state index is -1.72. The van der Waals surface area contributed by atoms with E-state index in [1.54, 1.807) is 27.9 Å². The molecule has 5 nitrogen and oxygen atoms in total. The van der Waals surface area contributed by atoms with Crippen LogP contribution in [0, 0.1) is 23.7 Å². The highest BCUT2D eigenvalue weighted by atomic mass is 35.8. The first kappa shape index (κ1) is 51.0. The average Bonchev–Trinajstić information content (AvgIpc) is 3.98. The fourth-order valence-electron chi connectivity index (χ4n) is 10.9. The molecule has 2 saturated heterocycles. The molecule has 6 aliphatic rings. The summed E-state index contributed by atoms with van der Waals surface area (Å²) in [6.45, 7) is 17.3. The molecule has 0 spiro atoms. The summed E-state index contributed by atoms with van der Waals surface area (Å²) in [5.41, 5.74) is 4.00. The Hall–Kier alpha value is -0.388. The summed E-state index contributed by atoms with van der Waals surface area (Å²) in [7, 11) is 18.4. The number of methoxy groups -OCH3 is 2. The fraction of sp³-hybridized carbons (Fsp3) is 0.745. The van der Waals surface area contributed by atoms with Crippen LogP contribution in [0.15, 0.2) is 42.5 Å². The molecule has 57 heavy (non-hydrogen) atoms. The van der Waals surface area contributed by atoms with Crippen LogP contribution >= 0.6 is 42.6 Å². The Morgan fingerprint density at radius 1 is 0.614 bits per heavy atom. The number of hydrogen-bond donors (Lipinski definition) is 1. The number of halogens is 4. The van der Waals surface area contributed by atoms with Gasteiger partial charge in [-0.25, -0.2) is 30.1 Å². The standard InChI is InChI=1S/C23H35NO.C19H27NO.C4H10O.CH4.Al.4ClH/c1-23(2,3)19-7-8-22(25-4)20(15-19)17-9-11-24(12-10-17)21-14-16-5-6-18(21)13-16;1-21-19-5-3-2-4-17(19)15-8-10-20(11-9-15)18-13-14-6-7-16(18)12-14;1-4(2,3)5;;;;;;/h7-8,15-18,21H,5-6,9-14H2,1-4H3;2-5,14-16,18H,6-13H2,1H3;5H,1-3H3;1H4;;4*1H/q;;;;+3;;;;/p-3/t16-,18+,21-;14-,16+,18-;;;;;;;/m11......./s1. The van der Waals surface area contributed by atoms with Crippen molar-refractivity contribution in [3.8, 4) is 11.5 Å². The monoisotopic (exact) mass is 884 g/mol. The van der Waals surface area contributed by atoms with Gasteiger partial charge in [0.05, 0.1) is 19.8 Å². The van der Waals surface area contributed by atoms with Gasteiger partial charge in [-0.15, -0.1) is 12.4 Å². The van der Waals surface area contributed by atoms with E-state index in [-0.39, 0.29) is 25.2 Å². The molecule has 4 saturated carbocycles. The van der Waals surface area contributed by atoms with E-state index < -0.39 is 17.0 Å². The summed E-state index contributed by atoms with van der Waals surface area (Å²) >= 11 is -1.72. The van der Waals surface area contributed by atoms with Crippen LogP contribution in [0.25, 0.3) is 0 Å². The van der Waals surface area contributed by atoms with Crippen LogP contribution in [0.1, 0.15) is 155 Å². The second-order valence-electron chi connectivity index (χ2n) is 19.5. The number of piperidine rings is 2. The zero-order valence-electron chi connectivity index (χ0n) is 35.8. The van der Waals surface area contributed by atoms with E-state index in [9.17, 15) is 0 Å². The smallest absolute Gasteiger partial charge is 0.496 e. The van der Waals surface area contributed by atoms with Gasteiger partial charge in [-0.2, -0.15) is 0 Å². The summed E-state index contributed by atoms with van der Waals surface area (Å²) in [6, 6.07) is 17.3. The van der Waals surface area contributed by atoms with E-state index in [4.69, 9.17) is 44.7 Å². The van der Waals surface area contributed by atoms with Crippen molar-refractivity contribution in [1.82, 2.24) is 9.80 Å². The third kappa shape index (κ3) is 14.9. The first-order chi connectivity index (χ1) is 26.0. The maximum Gasteiger partial charge on any atom is 0.643 e. The minimum Gasteiger partial charge on any atom is -0.496 e. The van der Waals surface area contributed by atoms with Gasteiger partial charge in [-0.05, 0) is 181 Å². The molecule has 10 heteroatoms. The lowest BCUT2D eigenvalue weighted by Crippen LogP contribution is -2.43. The molecular formula is C47H77AlCl4N2O3. The van der Waals surface area contributed by atoms with Crippen molar-refractivity contribution in [3.63, 3.8) is 0 Å². The Kier molecular flexibility index (Phi) is 20.7. The lowest BCUT2D eigenvalue weighted by Gasteiger charge is -2.40. The van der Waals surface area contributed by atoms with E-state index in [1.807, 2.05) is 7.11 Å². The van der Waals surface area contributed by atoms with Crippen LogP contribution in [0.3, 0.4) is 0 Å². The molecule has 1 N–H and O–H groups in total. The van der Waals surface area contributed by atoms with Crippen LogP contribution in [-0.4, -0.2) is 84.4 Å². The Labute approximate surface area is 371 Å². The van der Waals surface area contributed by atoms with Crippen LogP contribution in [0.2, 0.25) is 0 Å². The third-order valence-corrected chi connectivity index (χ3v) is 13.5. The van der Waals surface area contributed by atoms with Crippen LogP contribution in [-0.2, 0) is 5.41 Å². The number of rotatable bonds is 6. The highest BCUT2D eigenvalue weighted by Gasteiger charge is 2.44. The normalized spacial score (nSPS) is 27.4. The molecule has 8 rings (SSSR count). The molecule has 0 amide bonds. The van der Waals surface area contributed by atoms with E-state index in [1.165, 1.54) is 120 Å². The summed E-state index contributed by atoms with van der Waals surface area (Å²) in [4.78, 5) is 5.65. The van der Waals surface area contributed by atoms with Crippen molar-refractivity contribution >= 4 is 53.9 Å². The van der Waals surface area contributed by atoms with Crippen molar-refractivity contribution < 1.29 is 14.6 Å². The number of para-hydroxylation sites is 1. The van der Waals surface area contributed by atoms with Gasteiger partial charge in [-0.3, -0.25) is 0 Å². The molecule has 0 aromatic heterocycles. The van der Waals surface area contributed by atoms with Crippen LogP contribution in [0.5, 0.6) is 11.5 Å². The zero-order chi connectivity index (χ0) is 39.9. The molecule has 2 aliphatic heterocycles. The lowest BCUT2D eigenvalue weighted by molar-refractivity contribution is 0.102. The predicted octanol–water partition coefficient (Wildman–Crippen LogP) is 12.9. The minimum absolute atomic E-state index is 0. The number of hydrogen-bond acceptors (Lipinski definition) is 5. The summed E-state index contributed by atoms with van der Waals surface area (Å²) < 4.78 is 11.3. The molecule has 0 unspecified atom stereocenters. The van der Waals surface area contributed by atoms with Crippen molar-refractivity contribution in [3.05, 3.63) is 59.2 Å². The average molecular weight is 887 g/mol. The number of nitrogens with zero attached hydrogens (tertiary/aromatic N) is 2. The molecule has 0 radical (unpaired) electrons. The summed E-state index contributed by atoms with van der Waals surface area (Å²) in [5, 5.41) is 8.52. The maximum atomic E-state index is 8.52. The quantitative estimate of drug-likeness (QED) is 0.293. The topological polar surface area (TPSA) is 45.2 Å². The van der Waals surface area contributed by atoms with Gasteiger partial charge in [0, 0.05) is 12.1 Å². The van der Waals surface area contributed by atoms with E-state index in [2.05, 4.69) is 73.0 Å². The Balaban J connectivity index is 0.000000247. The molecule has 2 aromatic carbocycles. The molecule has 4 bridgehead atoms. The number of aliphatic hydroxyl groups is 1. The van der Waals surface area contributed by atoms with Gasteiger partial charge in [0.1, 0.15) is 11.5 Å². The number of fused-ring (bicyclic) bond motifs is 4. The van der Waals surface area contributed by atoms with Crippen LogP contribution in [0.4, 0.5) is 0 Å². The summed E-state index contributed by atoms with van der Waals surface area (Å²) in [5.74, 6) is 7.67. The molecule has 2 aromatic rings. The first-order valence-electron chi connectivity index (χ1n) is 21.5. The number of benzene rings is 2. The molecule has 324 valence electrons. The Bertz CT molecular complexity index is 1460. The largest absolute Gasteiger partial charge is 0.643 e. The van der Waals surface area contributed by atoms with Crippen molar-refractivity contribution in [1.29, 1.82) is 0 Å². The first-order valence-corrected chi connectivity index (χ1v) is 26.7. The highest BCUT2D eigenvalue weighted by Crippen LogP contribution is 2.49. The molecule has 2 heterocycles. The molecule has 4 aliphatic carbocycles. The third-order valence-electron chi connectivity index (χ3n) is 13.5. The number of ether oxygens (including phenoxy) is 2. The van der Waals surface area contributed by atoms with Gasteiger partial charge in [-0.1, -0.05) is 71.4 Å². The fourth-order valence-corrected chi connectivity index (χ4v) is 10.9.